The van der Waals surface area contributed by atoms with E-state index in [1.165, 1.54) is 6.33 Å². The molecule has 5 nitrogen and oxygen atoms in total. The monoisotopic (exact) mass is 304 g/mol. The van der Waals surface area contributed by atoms with Crippen molar-refractivity contribution in [1.29, 1.82) is 5.26 Å². The Morgan fingerprint density at radius 2 is 1.95 bits per heavy atom. The number of rotatable bonds is 4. The predicted octanol–water partition coefficient (Wildman–Crippen LogP) is 3.69. The van der Waals surface area contributed by atoms with Crippen molar-refractivity contribution < 1.29 is 4.74 Å². The van der Waals surface area contributed by atoms with Gasteiger partial charge in [0.15, 0.2) is 0 Å². The summed E-state index contributed by atoms with van der Waals surface area (Å²) >= 11 is 5.87. The van der Waals surface area contributed by atoms with Crippen LogP contribution in [-0.4, -0.2) is 14.8 Å². The van der Waals surface area contributed by atoms with E-state index in [2.05, 4.69) is 16.2 Å². The van der Waals surface area contributed by atoms with E-state index in [1.807, 2.05) is 20.8 Å². The first-order valence-electron chi connectivity index (χ1n) is 6.58. The topological polar surface area (TPSA) is 63.7 Å². The van der Waals surface area contributed by atoms with Crippen molar-refractivity contribution in [2.45, 2.75) is 27.0 Å². The largest absolute Gasteiger partial charge is 0.467 e. The fourth-order valence-corrected chi connectivity index (χ4v) is 2.09. The molecular formula is C15H17ClN4O. The lowest BCUT2D eigenvalue weighted by molar-refractivity contribution is 0.0301. The van der Waals surface area contributed by atoms with Crippen molar-refractivity contribution in [3.8, 4) is 11.8 Å². The number of nitrogens with zero attached hydrogens (tertiary/aromatic N) is 4. The molecule has 21 heavy (non-hydrogen) atoms. The van der Waals surface area contributed by atoms with E-state index in [1.54, 1.807) is 35.3 Å². The van der Waals surface area contributed by atoms with Crippen LogP contribution in [0.1, 0.15) is 27.0 Å². The van der Waals surface area contributed by atoms with Crippen LogP contribution in [-0.2, 0) is 0 Å². The number of ether oxygens (including phenoxy) is 1. The molecule has 1 heterocycles. The van der Waals surface area contributed by atoms with Gasteiger partial charge in [0.25, 0.3) is 0 Å². The maximum Gasteiger partial charge on any atom is 0.209 e. The van der Waals surface area contributed by atoms with E-state index in [9.17, 15) is 5.26 Å². The summed E-state index contributed by atoms with van der Waals surface area (Å²) in [5.74, 6) is 0.235. The van der Waals surface area contributed by atoms with Gasteiger partial charge in [-0.3, -0.25) is 0 Å². The van der Waals surface area contributed by atoms with Crippen molar-refractivity contribution >= 4 is 11.6 Å². The zero-order valence-electron chi connectivity index (χ0n) is 12.2. The smallest absolute Gasteiger partial charge is 0.209 e. The Kier molecular flexibility index (Phi) is 4.49. The quantitative estimate of drug-likeness (QED) is 0.864. The zero-order valence-corrected chi connectivity index (χ0v) is 12.9. The lowest BCUT2D eigenvalue weighted by Gasteiger charge is -2.32. The number of benzene rings is 1. The molecule has 0 N–H and O–H groups in total. The molecule has 0 fully saturated rings. The molecule has 1 aromatic carbocycles. The van der Waals surface area contributed by atoms with Crippen molar-refractivity contribution in [1.82, 2.24) is 14.8 Å². The summed E-state index contributed by atoms with van der Waals surface area (Å²) in [7, 11) is 0. The first-order valence-corrected chi connectivity index (χ1v) is 6.95. The van der Waals surface area contributed by atoms with E-state index in [-0.39, 0.29) is 5.41 Å². The summed E-state index contributed by atoms with van der Waals surface area (Å²) in [5, 5.41) is 14.3. The minimum atomic E-state index is -0.557. The van der Waals surface area contributed by atoms with Crippen molar-refractivity contribution in [2.75, 3.05) is 0 Å². The summed E-state index contributed by atoms with van der Waals surface area (Å²) in [6.07, 6.45) is 2.42. The lowest BCUT2D eigenvalue weighted by Crippen LogP contribution is -2.33. The van der Waals surface area contributed by atoms with Gasteiger partial charge in [-0.25, -0.2) is 9.67 Å². The molecule has 6 heteroatoms. The normalized spacial score (nSPS) is 14.2. The first-order chi connectivity index (χ1) is 9.91. The molecule has 2 unspecified atom stereocenters. The Morgan fingerprint density at radius 1 is 1.29 bits per heavy atom. The van der Waals surface area contributed by atoms with Gasteiger partial charge in [-0.1, -0.05) is 32.4 Å². The van der Waals surface area contributed by atoms with Gasteiger partial charge in [0.05, 0.1) is 6.07 Å². The van der Waals surface area contributed by atoms with Crippen LogP contribution in [0.5, 0.6) is 5.75 Å². The van der Waals surface area contributed by atoms with Crippen LogP contribution in [0, 0.1) is 22.7 Å². The van der Waals surface area contributed by atoms with E-state index >= 15 is 0 Å². The number of hydrogen-bond acceptors (Lipinski definition) is 4. The highest BCUT2D eigenvalue weighted by Gasteiger charge is 2.36. The standard InChI is InChI=1S/C15H17ClN4O/c1-15(2,3)13(8-17)14(20-10-18-9-19-20)21-12-6-4-11(16)5-7-12/h4-7,9-10,13-14H,1-3H3. The molecule has 1 aromatic heterocycles. The molecule has 2 rings (SSSR count). The molecule has 0 amide bonds. The van der Waals surface area contributed by atoms with Gasteiger partial charge in [0.2, 0.25) is 6.23 Å². The van der Waals surface area contributed by atoms with E-state index < -0.39 is 12.1 Å². The fourth-order valence-electron chi connectivity index (χ4n) is 1.96. The van der Waals surface area contributed by atoms with Crippen molar-refractivity contribution in [2.24, 2.45) is 11.3 Å². The van der Waals surface area contributed by atoms with E-state index in [0.29, 0.717) is 10.8 Å². The summed E-state index contributed by atoms with van der Waals surface area (Å²) < 4.78 is 7.54. The minimum absolute atomic E-state index is 0.266. The Labute approximate surface area is 129 Å². The Hall–Kier alpha value is -2.06. The van der Waals surface area contributed by atoms with Crippen LogP contribution in [0.3, 0.4) is 0 Å². The highest BCUT2D eigenvalue weighted by molar-refractivity contribution is 6.30. The highest BCUT2D eigenvalue weighted by Crippen LogP contribution is 2.35. The Bertz CT molecular complexity index is 611. The second-order valence-corrected chi connectivity index (χ2v) is 6.25. The van der Waals surface area contributed by atoms with Gasteiger partial charge in [0, 0.05) is 5.02 Å². The fraction of sp³-hybridized carbons (Fsp3) is 0.400. The van der Waals surface area contributed by atoms with E-state index in [0.717, 1.165) is 0 Å². The third-order valence-corrected chi connectivity index (χ3v) is 3.38. The van der Waals surface area contributed by atoms with Gasteiger partial charge < -0.3 is 4.74 Å². The molecule has 2 aromatic rings. The van der Waals surface area contributed by atoms with E-state index in [4.69, 9.17) is 16.3 Å². The molecule has 0 radical (unpaired) electrons. The molecule has 0 aliphatic heterocycles. The maximum absolute atomic E-state index is 9.54. The molecule has 110 valence electrons. The molecule has 0 saturated heterocycles. The van der Waals surface area contributed by atoms with Crippen LogP contribution in [0.4, 0.5) is 0 Å². The van der Waals surface area contributed by atoms with Crippen molar-refractivity contribution in [3.05, 3.63) is 41.9 Å². The lowest BCUT2D eigenvalue weighted by atomic mass is 9.80. The van der Waals surface area contributed by atoms with Gasteiger partial charge in [0.1, 0.15) is 24.3 Å². The van der Waals surface area contributed by atoms with Gasteiger partial charge >= 0.3 is 0 Å². The molecule has 0 bridgehead atoms. The number of nitriles is 1. The second-order valence-electron chi connectivity index (χ2n) is 5.81. The Morgan fingerprint density at radius 3 is 2.43 bits per heavy atom. The summed E-state index contributed by atoms with van der Waals surface area (Å²) in [4.78, 5) is 3.94. The third-order valence-electron chi connectivity index (χ3n) is 3.13. The number of hydrogen-bond donors (Lipinski definition) is 0. The minimum Gasteiger partial charge on any atom is -0.467 e. The summed E-state index contributed by atoms with van der Waals surface area (Å²) in [6.45, 7) is 5.99. The highest BCUT2D eigenvalue weighted by atomic mass is 35.5. The van der Waals surface area contributed by atoms with Crippen molar-refractivity contribution in [3.63, 3.8) is 0 Å². The third kappa shape index (κ3) is 3.73. The van der Waals surface area contributed by atoms with Crippen LogP contribution >= 0.6 is 11.6 Å². The van der Waals surface area contributed by atoms with Gasteiger partial charge in [-0.2, -0.15) is 10.4 Å². The van der Waals surface area contributed by atoms with Crippen LogP contribution in [0.25, 0.3) is 0 Å². The molecule has 0 spiro atoms. The maximum atomic E-state index is 9.54. The predicted molar refractivity (Wildman–Crippen MR) is 79.7 cm³/mol. The number of aromatic nitrogens is 3. The van der Waals surface area contributed by atoms with Crippen LogP contribution in [0.15, 0.2) is 36.9 Å². The molecule has 0 saturated carbocycles. The average Bonchev–Trinajstić information content (AvgIpc) is 2.93. The summed E-state index contributed by atoms with van der Waals surface area (Å²) in [6, 6.07) is 9.34. The molecule has 0 aliphatic rings. The van der Waals surface area contributed by atoms with Crippen LogP contribution in [0.2, 0.25) is 5.02 Å². The van der Waals surface area contributed by atoms with Crippen LogP contribution < -0.4 is 4.74 Å². The van der Waals surface area contributed by atoms with Gasteiger partial charge in [-0.05, 0) is 29.7 Å². The number of halogens is 1. The Balaban J connectivity index is 2.33. The SMILES string of the molecule is CC(C)(C)C(C#N)C(Oc1ccc(Cl)cc1)n1cncn1. The molecule has 2 atom stereocenters. The second kappa shape index (κ2) is 6.15. The van der Waals surface area contributed by atoms with Gasteiger partial charge in [-0.15, -0.1) is 0 Å². The molecule has 0 aliphatic carbocycles. The molecular weight excluding hydrogens is 288 g/mol. The zero-order chi connectivity index (χ0) is 15.5. The average molecular weight is 305 g/mol. The summed E-state index contributed by atoms with van der Waals surface area (Å²) in [5.41, 5.74) is -0.266. The first kappa shape index (κ1) is 15.3.